The molecule has 2 bridgehead atoms. The van der Waals surface area contributed by atoms with Gasteiger partial charge in [0, 0.05) is 22.0 Å². The van der Waals surface area contributed by atoms with Crippen molar-refractivity contribution in [3.05, 3.63) is 88.4 Å². The van der Waals surface area contributed by atoms with Crippen molar-refractivity contribution in [3.8, 4) is 5.75 Å². The molecule has 1 amide bonds. The Kier molecular flexibility index (Phi) is 5.74. The number of nitrogens with one attached hydrogen (secondary N) is 2. The molecular formula is C27H26ClN3O2S. The average molecular weight is 492 g/mol. The summed E-state index contributed by atoms with van der Waals surface area (Å²) in [6, 6.07) is 21.0. The molecule has 3 aromatic carbocycles. The molecule has 2 heterocycles. The van der Waals surface area contributed by atoms with Crippen LogP contribution in [0.3, 0.4) is 0 Å². The summed E-state index contributed by atoms with van der Waals surface area (Å²) in [4.78, 5) is 15.7. The fraction of sp³-hybridized carbons (Fsp3) is 0.259. The highest BCUT2D eigenvalue weighted by molar-refractivity contribution is 7.80. The van der Waals surface area contributed by atoms with Crippen LogP contribution in [0.2, 0.25) is 5.02 Å². The number of thiocarbonyl (C=S) groups is 1. The van der Waals surface area contributed by atoms with Gasteiger partial charge in [-0.15, -0.1) is 0 Å². The summed E-state index contributed by atoms with van der Waals surface area (Å²) in [6.07, 6.45) is 0.942. The molecule has 2 aliphatic rings. The predicted octanol–water partition coefficient (Wildman–Crippen LogP) is 6.01. The van der Waals surface area contributed by atoms with E-state index in [0.717, 1.165) is 29.0 Å². The van der Waals surface area contributed by atoms with Crippen molar-refractivity contribution in [3.63, 3.8) is 0 Å². The monoisotopic (exact) mass is 491 g/mol. The molecule has 3 aromatic rings. The Labute approximate surface area is 210 Å². The lowest BCUT2D eigenvalue weighted by atomic mass is 9.78. The number of aryl methyl sites for hydroxylation is 2. The molecule has 3 atom stereocenters. The van der Waals surface area contributed by atoms with Crippen LogP contribution in [0.5, 0.6) is 5.75 Å². The quantitative estimate of drug-likeness (QED) is 0.438. The standard InChI is InChI=1S/C27H26ClN3O2S/c1-4-17-6-12-20(13-7-17)31-26(34)30-24-21-15-16(2)5-14-22(21)33-27(31,3)23(24)25(32)29-19-10-8-18(28)9-11-19/h5-15,23-24H,4H2,1-3H3,(H,29,32)(H,30,34)/t23-,24-,27-/m0/s1. The predicted molar refractivity (Wildman–Crippen MR) is 141 cm³/mol. The van der Waals surface area contributed by atoms with E-state index in [2.05, 4.69) is 35.8 Å². The highest BCUT2D eigenvalue weighted by Crippen LogP contribution is 2.50. The zero-order chi connectivity index (χ0) is 24.0. The third-order valence-electron chi connectivity index (χ3n) is 6.65. The first-order chi connectivity index (χ1) is 16.3. The number of halogens is 1. The molecule has 0 spiro atoms. The highest BCUT2D eigenvalue weighted by atomic mass is 35.5. The van der Waals surface area contributed by atoms with Crippen molar-refractivity contribution in [1.82, 2.24) is 5.32 Å². The first-order valence-electron chi connectivity index (χ1n) is 11.4. The number of nitrogens with zero attached hydrogens (tertiary/aromatic N) is 1. The lowest BCUT2D eigenvalue weighted by Gasteiger charge is -2.56. The minimum atomic E-state index is -1.04. The van der Waals surface area contributed by atoms with Gasteiger partial charge < -0.3 is 15.4 Å². The zero-order valence-corrected chi connectivity index (χ0v) is 20.8. The normalized spacial score (nSPS) is 22.9. The van der Waals surface area contributed by atoms with Gasteiger partial charge >= 0.3 is 0 Å². The van der Waals surface area contributed by atoms with Crippen LogP contribution in [0.25, 0.3) is 0 Å². The number of carbonyl (C=O) groups excluding carboxylic acids is 1. The molecule has 34 heavy (non-hydrogen) atoms. The highest BCUT2D eigenvalue weighted by Gasteiger charge is 2.59. The zero-order valence-electron chi connectivity index (χ0n) is 19.3. The van der Waals surface area contributed by atoms with Gasteiger partial charge in [-0.05, 0) is 80.5 Å². The Bertz CT molecular complexity index is 1260. The van der Waals surface area contributed by atoms with Crippen LogP contribution >= 0.6 is 23.8 Å². The van der Waals surface area contributed by atoms with Crippen LogP contribution in [0.4, 0.5) is 11.4 Å². The number of benzene rings is 3. The van der Waals surface area contributed by atoms with Crippen LogP contribution in [0, 0.1) is 12.8 Å². The average Bonchev–Trinajstić information content (AvgIpc) is 2.81. The first kappa shape index (κ1) is 22.7. The summed E-state index contributed by atoms with van der Waals surface area (Å²) in [5, 5.41) is 7.65. The maximum Gasteiger partial charge on any atom is 0.236 e. The Balaban J connectivity index is 1.60. The molecule has 5 rings (SSSR count). The summed E-state index contributed by atoms with van der Waals surface area (Å²) in [6.45, 7) is 6.09. The van der Waals surface area contributed by atoms with E-state index >= 15 is 0 Å². The van der Waals surface area contributed by atoms with Crippen LogP contribution in [-0.4, -0.2) is 16.7 Å². The summed E-state index contributed by atoms with van der Waals surface area (Å²) >= 11 is 11.9. The van der Waals surface area contributed by atoms with Gasteiger partial charge in [-0.25, -0.2) is 0 Å². The van der Waals surface area contributed by atoms with Crippen molar-refractivity contribution >= 4 is 46.2 Å². The molecule has 0 unspecified atom stereocenters. The minimum absolute atomic E-state index is 0.160. The second-order valence-corrected chi connectivity index (χ2v) is 9.78. The third-order valence-corrected chi connectivity index (χ3v) is 7.20. The lowest BCUT2D eigenvalue weighted by Crippen LogP contribution is -2.72. The first-order valence-corrected chi connectivity index (χ1v) is 12.1. The second kappa shape index (κ2) is 8.60. The van der Waals surface area contributed by atoms with E-state index in [-0.39, 0.29) is 11.9 Å². The summed E-state index contributed by atoms with van der Waals surface area (Å²) < 4.78 is 6.65. The Morgan fingerprint density at radius 3 is 2.53 bits per heavy atom. The van der Waals surface area contributed by atoms with Gasteiger partial charge in [-0.2, -0.15) is 0 Å². The maximum absolute atomic E-state index is 13.8. The van der Waals surface area contributed by atoms with E-state index in [0.29, 0.717) is 15.8 Å². The number of carbonyl (C=O) groups is 1. The molecule has 2 aliphatic heterocycles. The van der Waals surface area contributed by atoms with Gasteiger partial charge in [-0.3, -0.25) is 9.69 Å². The Hall–Kier alpha value is -3.09. The number of anilines is 2. The maximum atomic E-state index is 13.8. The van der Waals surface area contributed by atoms with E-state index < -0.39 is 11.6 Å². The van der Waals surface area contributed by atoms with Crippen molar-refractivity contribution in [1.29, 1.82) is 0 Å². The fourth-order valence-electron chi connectivity index (χ4n) is 4.93. The number of hydrogen-bond acceptors (Lipinski definition) is 3. The number of amides is 1. The molecule has 0 aliphatic carbocycles. The molecule has 0 saturated carbocycles. The van der Waals surface area contributed by atoms with E-state index in [1.54, 1.807) is 24.3 Å². The fourth-order valence-corrected chi connectivity index (χ4v) is 5.47. The molecule has 2 N–H and O–H groups in total. The third kappa shape index (κ3) is 3.81. The molecule has 5 nitrogen and oxygen atoms in total. The number of rotatable bonds is 4. The molecule has 1 fully saturated rings. The van der Waals surface area contributed by atoms with E-state index in [1.807, 2.05) is 43.0 Å². The molecule has 174 valence electrons. The van der Waals surface area contributed by atoms with E-state index in [4.69, 9.17) is 28.6 Å². The Morgan fingerprint density at radius 1 is 1.15 bits per heavy atom. The van der Waals surface area contributed by atoms with Crippen LogP contribution in [0.1, 0.15) is 36.6 Å². The van der Waals surface area contributed by atoms with Crippen LogP contribution in [-0.2, 0) is 11.2 Å². The molecule has 7 heteroatoms. The summed E-state index contributed by atoms with van der Waals surface area (Å²) in [7, 11) is 0. The van der Waals surface area contributed by atoms with Crippen LogP contribution in [0.15, 0.2) is 66.7 Å². The molecule has 0 radical (unpaired) electrons. The molecule has 0 aromatic heterocycles. The Morgan fingerprint density at radius 2 is 1.85 bits per heavy atom. The SMILES string of the molecule is CCc1ccc(N2C(=S)N[C@H]3c4cc(C)ccc4O[C@@]2(C)[C@@H]3C(=O)Nc2ccc(Cl)cc2)cc1. The summed E-state index contributed by atoms with van der Waals surface area (Å²) in [5.41, 5.74) is 3.75. The van der Waals surface area contributed by atoms with Gasteiger partial charge in [0.1, 0.15) is 11.7 Å². The van der Waals surface area contributed by atoms with Crippen molar-refractivity contribution in [2.45, 2.75) is 39.0 Å². The van der Waals surface area contributed by atoms with Gasteiger partial charge in [0.15, 0.2) is 10.8 Å². The van der Waals surface area contributed by atoms with E-state index in [1.165, 1.54) is 5.56 Å². The van der Waals surface area contributed by atoms with Crippen molar-refractivity contribution in [2.24, 2.45) is 5.92 Å². The topological polar surface area (TPSA) is 53.6 Å². The van der Waals surface area contributed by atoms with Gasteiger partial charge in [0.05, 0.1) is 6.04 Å². The minimum Gasteiger partial charge on any atom is -0.467 e. The van der Waals surface area contributed by atoms with Gasteiger partial charge in [0.2, 0.25) is 5.91 Å². The van der Waals surface area contributed by atoms with Gasteiger partial charge in [-0.1, -0.05) is 48.4 Å². The summed E-state index contributed by atoms with van der Waals surface area (Å²) in [5.74, 6) is 0.000933. The van der Waals surface area contributed by atoms with E-state index in [9.17, 15) is 4.79 Å². The molecular weight excluding hydrogens is 466 g/mol. The van der Waals surface area contributed by atoms with Gasteiger partial charge in [0.25, 0.3) is 0 Å². The largest absolute Gasteiger partial charge is 0.467 e. The second-order valence-electron chi connectivity index (χ2n) is 8.95. The lowest BCUT2D eigenvalue weighted by molar-refractivity contribution is -0.130. The smallest absolute Gasteiger partial charge is 0.236 e. The van der Waals surface area contributed by atoms with Crippen LogP contribution < -0.4 is 20.3 Å². The molecule has 1 saturated heterocycles. The van der Waals surface area contributed by atoms with Crippen molar-refractivity contribution < 1.29 is 9.53 Å². The van der Waals surface area contributed by atoms with Crippen molar-refractivity contribution in [2.75, 3.05) is 10.2 Å². The number of fused-ring (bicyclic) bond motifs is 4. The number of ether oxygens (including phenoxy) is 1. The number of hydrogen-bond donors (Lipinski definition) is 2.